The standard InChI is InChI=1S/C32H36N4O6S/c1-41-22-12-9-11-21(16-22)33-25-14-6-4-2-3-5-10-20-18-32(20,30(39)40)35-28(37)26-17-23(19-36(26)29(25)38)42-31-34-24-13-7-8-15-27(24)43-31/h5,7-13,15-16,20,23,25-26,33H,2-4,6,14,17-19H2,1H3,(H,35,37)(H,39,40)/t20-,23-,25+,26+,32-/m1/s1. The second-order valence-corrected chi connectivity index (χ2v) is 12.5. The first-order valence-electron chi connectivity index (χ1n) is 14.8. The molecule has 3 heterocycles. The minimum atomic E-state index is -1.35. The number of thiazole rings is 1. The van der Waals surface area contributed by atoms with Gasteiger partial charge in [-0.3, -0.25) is 9.59 Å². The SMILES string of the molecule is COc1cccc(N[C@H]2CCCCCC=C[C@@H]3C[C@@]3(C(=O)O)NC(=O)[C@@H]3C[C@@H](Oc4nc5ccccc5s4)CN3C2=O)c1. The number of aromatic nitrogens is 1. The van der Waals surface area contributed by atoms with Crippen LogP contribution in [0.2, 0.25) is 0 Å². The van der Waals surface area contributed by atoms with Crippen molar-refractivity contribution in [1.82, 2.24) is 15.2 Å². The van der Waals surface area contributed by atoms with Crippen molar-refractivity contribution in [2.75, 3.05) is 19.0 Å². The molecule has 11 heteroatoms. The van der Waals surface area contributed by atoms with Crippen LogP contribution in [0.4, 0.5) is 5.69 Å². The number of methoxy groups -OCH3 is 1. The molecule has 1 saturated carbocycles. The van der Waals surface area contributed by atoms with Gasteiger partial charge in [-0.2, -0.15) is 0 Å². The Morgan fingerprint density at radius 1 is 1.16 bits per heavy atom. The zero-order valence-electron chi connectivity index (χ0n) is 24.0. The number of para-hydroxylation sites is 1. The maximum Gasteiger partial charge on any atom is 0.330 e. The first kappa shape index (κ1) is 29.0. The summed E-state index contributed by atoms with van der Waals surface area (Å²) in [5.41, 5.74) is 0.210. The Kier molecular flexibility index (Phi) is 8.25. The van der Waals surface area contributed by atoms with Crippen molar-refractivity contribution in [3.05, 3.63) is 60.7 Å². The van der Waals surface area contributed by atoms with Gasteiger partial charge >= 0.3 is 5.97 Å². The number of allylic oxidation sites excluding steroid dienone is 1. The van der Waals surface area contributed by atoms with Crippen LogP contribution in [0.1, 0.15) is 44.9 Å². The first-order valence-corrected chi connectivity index (χ1v) is 15.6. The van der Waals surface area contributed by atoms with E-state index in [1.807, 2.05) is 60.7 Å². The highest BCUT2D eigenvalue weighted by molar-refractivity contribution is 7.20. The van der Waals surface area contributed by atoms with E-state index in [1.165, 1.54) is 11.3 Å². The highest BCUT2D eigenvalue weighted by Gasteiger charge is 2.61. The number of amides is 2. The third-order valence-corrected chi connectivity index (χ3v) is 9.50. The zero-order chi connectivity index (χ0) is 30.0. The fraction of sp³-hybridized carbons (Fsp3) is 0.438. The van der Waals surface area contributed by atoms with E-state index < -0.39 is 35.6 Å². The second kappa shape index (κ2) is 12.2. The molecule has 0 unspecified atom stereocenters. The quantitative estimate of drug-likeness (QED) is 0.348. The lowest BCUT2D eigenvalue weighted by atomic mass is 10.0. The molecule has 6 rings (SSSR count). The number of anilines is 1. The molecule has 2 aromatic carbocycles. The van der Waals surface area contributed by atoms with E-state index in [0.29, 0.717) is 23.8 Å². The molecule has 1 aliphatic carbocycles. The number of carbonyl (C=O) groups excluding carboxylic acids is 2. The summed E-state index contributed by atoms with van der Waals surface area (Å²) in [6.45, 7) is 0.187. The fourth-order valence-electron chi connectivity index (χ4n) is 6.11. The predicted molar refractivity (Wildman–Crippen MR) is 163 cm³/mol. The summed E-state index contributed by atoms with van der Waals surface area (Å²) in [6, 6.07) is 13.7. The Balaban J connectivity index is 1.29. The predicted octanol–water partition coefficient (Wildman–Crippen LogP) is 4.61. The number of benzene rings is 2. The molecule has 226 valence electrons. The minimum absolute atomic E-state index is 0.187. The van der Waals surface area contributed by atoms with Gasteiger partial charge in [-0.15, -0.1) is 0 Å². The van der Waals surface area contributed by atoms with Gasteiger partial charge in [-0.25, -0.2) is 9.78 Å². The monoisotopic (exact) mass is 604 g/mol. The number of ether oxygens (including phenoxy) is 2. The Morgan fingerprint density at radius 3 is 2.84 bits per heavy atom. The summed E-state index contributed by atoms with van der Waals surface area (Å²) in [6.07, 6.45) is 8.09. The summed E-state index contributed by atoms with van der Waals surface area (Å²) in [5.74, 6) is -1.36. The molecule has 10 nitrogen and oxygen atoms in total. The topological polar surface area (TPSA) is 130 Å². The number of fused-ring (bicyclic) bond motifs is 3. The number of carboxylic acids is 1. The number of hydrogen-bond donors (Lipinski definition) is 3. The van der Waals surface area contributed by atoms with Crippen molar-refractivity contribution in [2.24, 2.45) is 5.92 Å². The average molecular weight is 605 g/mol. The van der Waals surface area contributed by atoms with E-state index in [1.54, 1.807) is 12.0 Å². The van der Waals surface area contributed by atoms with Crippen LogP contribution in [0.3, 0.4) is 0 Å². The third kappa shape index (κ3) is 6.17. The molecule has 0 spiro atoms. The van der Waals surface area contributed by atoms with Crippen LogP contribution in [0, 0.1) is 5.92 Å². The molecule has 3 aromatic rings. The van der Waals surface area contributed by atoms with Gasteiger partial charge in [-0.1, -0.05) is 54.5 Å². The number of carboxylic acid groups (broad SMARTS) is 1. The second-order valence-electron chi connectivity index (χ2n) is 11.5. The number of aliphatic carboxylic acids is 1. The van der Waals surface area contributed by atoms with Gasteiger partial charge in [-0.05, 0) is 49.9 Å². The van der Waals surface area contributed by atoms with Crippen LogP contribution in [0.25, 0.3) is 10.2 Å². The van der Waals surface area contributed by atoms with Crippen molar-refractivity contribution >= 4 is 45.0 Å². The normalized spacial score (nSPS) is 27.8. The highest BCUT2D eigenvalue weighted by Crippen LogP contribution is 2.45. The number of nitrogens with one attached hydrogen (secondary N) is 2. The molecule has 2 amide bonds. The van der Waals surface area contributed by atoms with E-state index in [4.69, 9.17) is 9.47 Å². The molecule has 5 atom stereocenters. The van der Waals surface area contributed by atoms with Crippen LogP contribution in [0.15, 0.2) is 60.7 Å². The molecular formula is C32H36N4O6S. The Labute approximate surface area is 254 Å². The van der Waals surface area contributed by atoms with Gasteiger partial charge in [0.05, 0.1) is 23.9 Å². The van der Waals surface area contributed by atoms with Crippen molar-refractivity contribution in [1.29, 1.82) is 0 Å². The lowest BCUT2D eigenvalue weighted by Crippen LogP contribution is -2.55. The Morgan fingerprint density at radius 2 is 2.02 bits per heavy atom. The molecule has 3 N–H and O–H groups in total. The highest BCUT2D eigenvalue weighted by atomic mass is 32.1. The molecule has 1 saturated heterocycles. The van der Waals surface area contributed by atoms with Crippen molar-refractivity contribution < 1.29 is 29.0 Å². The summed E-state index contributed by atoms with van der Waals surface area (Å²) in [4.78, 5) is 46.6. The van der Waals surface area contributed by atoms with Gasteiger partial charge in [0.15, 0.2) is 0 Å². The first-order chi connectivity index (χ1) is 20.9. The summed E-state index contributed by atoms with van der Waals surface area (Å²) < 4.78 is 12.6. The lowest BCUT2D eigenvalue weighted by Gasteiger charge is -2.30. The molecule has 0 radical (unpaired) electrons. The van der Waals surface area contributed by atoms with Crippen LogP contribution in [-0.4, -0.2) is 70.2 Å². The largest absolute Gasteiger partial charge is 0.497 e. The van der Waals surface area contributed by atoms with Gasteiger partial charge in [0.1, 0.15) is 29.5 Å². The van der Waals surface area contributed by atoms with E-state index in [-0.39, 0.29) is 24.8 Å². The van der Waals surface area contributed by atoms with Crippen molar-refractivity contribution in [3.63, 3.8) is 0 Å². The summed E-state index contributed by atoms with van der Waals surface area (Å²) >= 11 is 1.42. The molecule has 2 aliphatic heterocycles. The molecule has 1 aromatic heterocycles. The van der Waals surface area contributed by atoms with Crippen LogP contribution < -0.4 is 20.1 Å². The Hall–Kier alpha value is -4.12. The lowest BCUT2D eigenvalue weighted by molar-refractivity contribution is -0.145. The van der Waals surface area contributed by atoms with Crippen LogP contribution in [-0.2, 0) is 14.4 Å². The van der Waals surface area contributed by atoms with E-state index in [0.717, 1.165) is 41.6 Å². The molecular weight excluding hydrogens is 568 g/mol. The number of carbonyl (C=O) groups is 3. The summed E-state index contributed by atoms with van der Waals surface area (Å²) in [7, 11) is 1.59. The van der Waals surface area contributed by atoms with E-state index in [2.05, 4.69) is 15.6 Å². The number of nitrogens with zero attached hydrogens (tertiary/aromatic N) is 2. The smallest absolute Gasteiger partial charge is 0.330 e. The minimum Gasteiger partial charge on any atom is -0.497 e. The van der Waals surface area contributed by atoms with Gasteiger partial charge in [0, 0.05) is 24.1 Å². The zero-order valence-corrected chi connectivity index (χ0v) is 24.8. The van der Waals surface area contributed by atoms with E-state index in [9.17, 15) is 19.5 Å². The van der Waals surface area contributed by atoms with Crippen molar-refractivity contribution in [2.45, 2.75) is 68.7 Å². The van der Waals surface area contributed by atoms with Gasteiger partial charge in [0.25, 0.3) is 5.19 Å². The van der Waals surface area contributed by atoms with E-state index >= 15 is 0 Å². The number of rotatable bonds is 6. The molecule has 3 aliphatic rings. The third-order valence-electron chi connectivity index (χ3n) is 8.57. The van der Waals surface area contributed by atoms with Crippen LogP contribution in [0.5, 0.6) is 10.9 Å². The molecule has 43 heavy (non-hydrogen) atoms. The van der Waals surface area contributed by atoms with Crippen molar-refractivity contribution in [3.8, 4) is 10.9 Å². The van der Waals surface area contributed by atoms with Gasteiger partial charge < -0.3 is 30.1 Å². The molecule has 0 bridgehead atoms. The fourth-order valence-corrected chi connectivity index (χ4v) is 6.99. The Bertz CT molecular complexity index is 1510. The maximum absolute atomic E-state index is 14.3. The number of hydrogen-bond acceptors (Lipinski definition) is 8. The average Bonchev–Trinajstić information content (AvgIpc) is 3.32. The summed E-state index contributed by atoms with van der Waals surface area (Å²) in [5, 5.41) is 16.8. The van der Waals surface area contributed by atoms with Gasteiger partial charge in [0.2, 0.25) is 11.8 Å². The molecule has 2 fully saturated rings. The maximum atomic E-state index is 14.3. The van der Waals surface area contributed by atoms with Crippen LogP contribution >= 0.6 is 11.3 Å².